The van der Waals surface area contributed by atoms with Gasteiger partial charge in [0.2, 0.25) is 0 Å². The molecule has 3 aliphatic rings. The molecule has 7 heteroatoms. The number of morpholine rings is 1. The smallest absolute Gasteiger partial charge is 0.254 e. The molecule has 1 aromatic heterocycles. The van der Waals surface area contributed by atoms with Gasteiger partial charge >= 0.3 is 0 Å². The van der Waals surface area contributed by atoms with E-state index in [4.69, 9.17) is 9.47 Å². The van der Waals surface area contributed by atoms with Crippen molar-refractivity contribution in [1.82, 2.24) is 19.7 Å². The van der Waals surface area contributed by atoms with Crippen molar-refractivity contribution in [3.05, 3.63) is 77.8 Å². The van der Waals surface area contributed by atoms with Gasteiger partial charge in [0.25, 0.3) is 5.91 Å². The maximum absolute atomic E-state index is 14.1. The van der Waals surface area contributed by atoms with Crippen molar-refractivity contribution in [2.24, 2.45) is 0 Å². The Morgan fingerprint density at radius 3 is 2.68 bits per heavy atom. The van der Waals surface area contributed by atoms with Crippen molar-refractivity contribution in [3.8, 4) is 5.75 Å². The van der Waals surface area contributed by atoms with E-state index in [9.17, 15) is 4.79 Å². The molecule has 0 saturated carbocycles. The van der Waals surface area contributed by atoms with Crippen LogP contribution in [0.3, 0.4) is 0 Å². The summed E-state index contributed by atoms with van der Waals surface area (Å²) >= 11 is 0. The molecule has 1 N–H and O–H groups in total. The van der Waals surface area contributed by atoms with Gasteiger partial charge in [-0.1, -0.05) is 36.9 Å². The molecule has 3 aromatic rings. The topological polar surface area (TPSA) is 61.0 Å². The summed E-state index contributed by atoms with van der Waals surface area (Å²) < 4.78 is 11.3. The number of H-pyrrole nitrogens is 1. The molecule has 2 atom stereocenters. The molecule has 0 aliphatic carbocycles. The molecule has 2 fully saturated rings. The molecule has 1 amide bonds. The lowest BCUT2D eigenvalue weighted by molar-refractivity contribution is -0.133. The lowest BCUT2D eigenvalue weighted by Crippen LogP contribution is -2.52. The van der Waals surface area contributed by atoms with Crippen LogP contribution < -0.4 is 4.74 Å². The number of aromatic nitrogens is 1. The average Bonchev–Trinajstić information content (AvgIpc) is 3.36. The molecule has 4 heterocycles. The zero-order valence-electron chi connectivity index (χ0n) is 21.8. The van der Waals surface area contributed by atoms with Crippen molar-refractivity contribution in [2.45, 2.75) is 38.3 Å². The van der Waals surface area contributed by atoms with E-state index in [0.29, 0.717) is 19.6 Å². The van der Waals surface area contributed by atoms with Crippen LogP contribution in [0.2, 0.25) is 0 Å². The Hall–Kier alpha value is -3.29. The molecule has 2 aromatic carbocycles. The van der Waals surface area contributed by atoms with E-state index in [-0.39, 0.29) is 11.9 Å². The standard InChI is InChI=1S/C30H36N4O3/c1-4-37-23-11-12-26-24(19-23)25-20-30(3)29(35)33(14-8-13-32-15-17-36-18-16-32)21(2)34(30)28(27(25)31-26)22-9-6-5-7-10-22/h5-7,9-12,19,28,31H,2,4,8,13-18,20H2,1,3H3/t28-,30+/m1/s1. The second-order valence-electron chi connectivity index (χ2n) is 10.5. The quantitative estimate of drug-likeness (QED) is 0.524. The molecule has 7 nitrogen and oxygen atoms in total. The van der Waals surface area contributed by atoms with Crippen LogP contribution in [0.4, 0.5) is 0 Å². The average molecular weight is 501 g/mol. The lowest BCUT2D eigenvalue weighted by Gasteiger charge is -2.44. The molecule has 194 valence electrons. The number of benzene rings is 2. The predicted octanol–water partition coefficient (Wildman–Crippen LogP) is 4.31. The van der Waals surface area contributed by atoms with Gasteiger partial charge in [-0.05, 0) is 49.6 Å². The monoisotopic (exact) mass is 500 g/mol. The highest BCUT2D eigenvalue weighted by atomic mass is 16.5. The Kier molecular flexibility index (Phi) is 6.21. The highest BCUT2D eigenvalue weighted by Crippen LogP contribution is 2.51. The molecule has 2 saturated heterocycles. The number of fused-ring (bicyclic) bond motifs is 4. The fourth-order valence-corrected chi connectivity index (χ4v) is 6.38. The zero-order chi connectivity index (χ0) is 25.6. The maximum Gasteiger partial charge on any atom is 0.254 e. The third-order valence-corrected chi connectivity index (χ3v) is 8.18. The van der Waals surface area contributed by atoms with Crippen LogP contribution in [0, 0.1) is 0 Å². The molecule has 0 bridgehead atoms. The first-order chi connectivity index (χ1) is 18.0. The van der Waals surface area contributed by atoms with Gasteiger partial charge in [-0.2, -0.15) is 0 Å². The van der Waals surface area contributed by atoms with E-state index in [1.54, 1.807) is 0 Å². The number of rotatable bonds is 7. The Labute approximate surface area is 218 Å². The van der Waals surface area contributed by atoms with Crippen LogP contribution in [-0.4, -0.2) is 77.1 Å². The summed E-state index contributed by atoms with van der Waals surface area (Å²) in [7, 11) is 0. The van der Waals surface area contributed by atoms with E-state index < -0.39 is 5.54 Å². The number of amides is 1. The summed E-state index contributed by atoms with van der Waals surface area (Å²) in [5.74, 6) is 1.79. The van der Waals surface area contributed by atoms with E-state index >= 15 is 0 Å². The SMILES string of the molecule is C=C1N(CCCN2CCOCC2)C(=O)[C@]2(C)Cc3c([nH]c4ccc(OCC)cc34)[C@@H](c3ccccc3)N12. The Balaban J connectivity index is 1.37. The predicted molar refractivity (Wildman–Crippen MR) is 144 cm³/mol. The third kappa shape index (κ3) is 4.01. The molecule has 37 heavy (non-hydrogen) atoms. The van der Waals surface area contributed by atoms with Gasteiger partial charge in [0.1, 0.15) is 17.1 Å². The number of carbonyl (C=O) groups is 1. The van der Waals surface area contributed by atoms with Crippen LogP contribution >= 0.6 is 0 Å². The van der Waals surface area contributed by atoms with Gasteiger partial charge in [0, 0.05) is 49.2 Å². The molecule has 0 radical (unpaired) electrons. The molecule has 3 aliphatic heterocycles. The third-order valence-electron chi connectivity index (χ3n) is 8.18. The number of ether oxygens (including phenoxy) is 2. The van der Waals surface area contributed by atoms with Gasteiger partial charge in [-0.15, -0.1) is 0 Å². The molecular formula is C30H36N4O3. The van der Waals surface area contributed by atoms with E-state index in [2.05, 4.69) is 64.7 Å². The largest absolute Gasteiger partial charge is 0.494 e. The summed E-state index contributed by atoms with van der Waals surface area (Å²) in [6, 6.07) is 16.6. The van der Waals surface area contributed by atoms with E-state index in [1.165, 1.54) is 5.56 Å². The van der Waals surface area contributed by atoms with Crippen LogP contribution in [-0.2, 0) is 16.0 Å². The normalized spacial score (nSPS) is 24.0. The van der Waals surface area contributed by atoms with Gasteiger partial charge in [-0.3, -0.25) is 14.6 Å². The fourth-order valence-electron chi connectivity index (χ4n) is 6.38. The van der Waals surface area contributed by atoms with Crippen LogP contribution in [0.1, 0.15) is 43.1 Å². The molecule has 0 unspecified atom stereocenters. The van der Waals surface area contributed by atoms with Crippen LogP contribution in [0.25, 0.3) is 10.9 Å². The second-order valence-corrected chi connectivity index (χ2v) is 10.5. The number of nitrogens with zero attached hydrogens (tertiary/aromatic N) is 3. The Morgan fingerprint density at radius 2 is 1.92 bits per heavy atom. The first-order valence-corrected chi connectivity index (χ1v) is 13.4. The molecule has 6 rings (SSSR count). The zero-order valence-corrected chi connectivity index (χ0v) is 21.8. The summed E-state index contributed by atoms with van der Waals surface area (Å²) in [6.45, 7) is 14.3. The fraction of sp³-hybridized carbons (Fsp3) is 0.433. The Morgan fingerprint density at radius 1 is 1.14 bits per heavy atom. The number of carbonyl (C=O) groups excluding carboxylic acids is 1. The minimum absolute atomic E-state index is 0.126. The highest BCUT2D eigenvalue weighted by molar-refractivity contribution is 5.94. The van der Waals surface area contributed by atoms with Crippen molar-refractivity contribution >= 4 is 16.8 Å². The Bertz CT molecular complexity index is 1310. The summed E-state index contributed by atoms with van der Waals surface area (Å²) in [6.07, 6.45) is 1.54. The first kappa shape index (κ1) is 24.1. The lowest BCUT2D eigenvalue weighted by atomic mass is 9.81. The van der Waals surface area contributed by atoms with Gasteiger partial charge in [-0.25, -0.2) is 0 Å². The van der Waals surface area contributed by atoms with E-state index in [0.717, 1.165) is 73.0 Å². The van der Waals surface area contributed by atoms with Crippen LogP contribution in [0.5, 0.6) is 5.75 Å². The maximum atomic E-state index is 14.1. The first-order valence-electron chi connectivity index (χ1n) is 13.4. The highest BCUT2D eigenvalue weighted by Gasteiger charge is 2.57. The van der Waals surface area contributed by atoms with Crippen LogP contribution in [0.15, 0.2) is 60.9 Å². The van der Waals surface area contributed by atoms with E-state index in [1.807, 2.05) is 24.0 Å². The van der Waals surface area contributed by atoms with Crippen molar-refractivity contribution in [3.63, 3.8) is 0 Å². The van der Waals surface area contributed by atoms with Gasteiger partial charge < -0.3 is 19.4 Å². The summed E-state index contributed by atoms with van der Waals surface area (Å²) in [5, 5.41) is 1.13. The molecule has 0 spiro atoms. The van der Waals surface area contributed by atoms with Crippen molar-refractivity contribution in [2.75, 3.05) is 46.0 Å². The second kappa shape index (κ2) is 9.54. The minimum atomic E-state index is -0.708. The van der Waals surface area contributed by atoms with Crippen molar-refractivity contribution < 1.29 is 14.3 Å². The number of hydrogen-bond donors (Lipinski definition) is 1. The van der Waals surface area contributed by atoms with Gasteiger partial charge in [0.05, 0.1) is 25.9 Å². The molecular weight excluding hydrogens is 464 g/mol. The summed E-state index contributed by atoms with van der Waals surface area (Å²) in [4.78, 5) is 24.4. The minimum Gasteiger partial charge on any atom is -0.494 e. The number of hydrogen-bond acceptors (Lipinski definition) is 5. The number of aromatic amines is 1. The summed E-state index contributed by atoms with van der Waals surface area (Å²) in [5.41, 5.74) is 3.84. The number of nitrogens with one attached hydrogen (secondary N) is 1. The van der Waals surface area contributed by atoms with Gasteiger partial charge in [0.15, 0.2) is 0 Å². The van der Waals surface area contributed by atoms with Crippen molar-refractivity contribution in [1.29, 1.82) is 0 Å².